The van der Waals surface area contributed by atoms with Gasteiger partial charge in [0.25, 0.3) is 5.56 Å². The predicted molar refractivity (Wildman–Crippen MR) is 132 cm³/mol. The minimum Gasteiger partial charge on any atom is -0.354 e. The summed E-state index contributed by atoms with van der Waals surface area (Å²) in [4.78, 5) is 43.8. The lowest BCUT2D eigenvalue weighted by Crippen LogP contribution is -2.35. The highest BCUT2D eigenvalue weighted by Gasteiger charge is 2.35. The van der Waals surface area contributed by atoms with E-state index in [4.69, 9.17) is 11.6 Å². The third kappa shape index (κ3) is 4.85. The van der Waals surface area contributed by atoms with Gasteiger partial charge in [-0.1, -0.05) is 23.7 Å². The Morgan fingerprint density at radius 2 is 1.86 bits per heavy atom. The largest absolute Gasteiger partial charge is 0.354 e. The Hall–Kier alpha value is -4.05. The molecule has 0 aliphatic carbocycles. The monoisotopic (exact) mass is 508 g/mol. The van der Waals surface area contributed by atoms with Gasteiger partial charge in [-0.3, -0.25) is 19.0 Å². The van der Waals surface area contributed by atoms with E-state index in [0.29, 0.717) is 34.8 Å². The van der Waals surface area contributed by atoms with Crippen LogP contribution in [0, 0.1) is 11.7 Å². The van der Waals surface area contributed by atoms with E-state index in [1.807, 2.05) is 12.1 Å². The molecule has 2 aromatic carbocycles. The SMILES string of the molecule is O=C(NCCn1ncc2c(=O)n(Cc3ccc(Cl)cc3)cnc21)[C@H]1CC(=O)N(c2ccc(F)cc2)C1. The number of anilines is 1. The van der Waals surface area contributed by atoms with Crippen LogP contribution in [0.15, 0.2) is 65.8 Å². The van der Waals surface area contributed by atoms with Crippen LogP contribution in [0.1, 0.15) is 12.0 Å². The van der Waals surface area contributed by atoms with Gasteiger partial charge in [0.15, 0.2) is 5.65 Å². The van der Waals surface area contributed by atoms with Crippen molar-refractivity contribution in [3.8, 4) is 0 Å². The highest BCUT2D eigenvalue weighted by Crippen LogP contribution is 2.25. The number of hydrogen-bond donors (Lipinski definition) is 1. The molecule has 0 bridgehead atoms. The van der Waals surface area contributed by atoms with E-state index in [0.717, 1.165) is 5.56 Å². The molecule has 5 rings (SSSR count). The molecule has 0 spiro atoms. The molecule has 0 radical (unpaired) electrons. The third-order valence-electron chi connectivity index (χ3n) is 6.15. The highest BCUT2D eigenvalue weighted by molar-refractivity contribution is 6.30. The molecule has 4 aromatic rings. The molecular weight excluding hydrogens is 487 g/mol. The van der Waals surface area contributed by atoms with Crippen molar-refractivity contribution in [2.75, 3.05) is 18.0 Å². The van der Waals surface area contributed by atoms with E-state index in [1.54, 1.807) is 16.8 Å². The molecule has 184 valence electrons. The van der Waals surface area contributed by atoms with Crippen molar-refractivity contribution in [1.82, 2.24) is 24.6 Å². The summed E-state index contributed by atoms with van der Waals surface area (Å²) < 4.78 is 16.2. The number of aromatic nitrogens is 4. The standard InChI is InChI=1S/C25H22ClFN6O3/c26-18-3-1-16(2-4-18)13-31-15-29-23-21(25(31)36)12-30-33(23)10-9-28-24(35)17-11-22(34)32(14-17)20-7-5-19(27)6-8-20/h1-8,12,15,17H,9-11,13-14H2,(H,28,35)/t17-/m0/s1. The first-order valence-electron chi connectivity index (χ1n) is 11.4. The molecule has 2 aromatic heterocycles. The molecule has 11 heteroatoms. The Morgan fingerprint density at radius 3 is 2.61 bits per heavy atom. The second-order valence-corrected chi connectivity index (χ2v) is 9.02. The Labute approximate surface area is 210 Å². The first-order valence-corrected chi connectivity index (χ1v) is 11.8. The van der Waals surface area contributed by atoms with Crippen molar-refractivity contribution in [1.29, 1.82) is 0 Å². The minimum absolute atomic E-state index is 0.0859. The van der Waals surface area contributed by atoms with Gasteiger partial charge in [-0.05, 0) is 42.0 Å². The van der Waals surface area contributed by atoms with E-state index < -0.39 is 5.92 Å². The van der Waals surface area contributed by atoms with Crippen LogP contribution in [0.5, 0.6) is 0 Å². The number of amides is 2. The van der Waals surface area contributed by atoms with E-state index >= 15 is 0 Å². The zero-order valence-corrected chi connectivity index (χ0v) is 19.9. The van der Waals surface area contributed by atoms with Crippen LogP contribution in [-0.4, -0.2) is 44.2 Å². The Balaban J connectivity index is 1.19. The summed E-state index contributed by atoms with van der Waals surface area (Å²) in [6.45, 7) is 1.16. The predicted octanol–water partition coefficient (Wildman–Crippen LogP) is 2.60. The van der Waals surface area contributed by atoms with E-state index in [-0.39, 0.29) is 42.7 Å². The van der Waals surface area contributed by atoms with Crippen molar-refractivity contribution in [3.63, 3.8) is 0 Å². The van der Waals surface area contributed by atoms with Gasteiger partial charge in [-0.2, -0.15) is 5.10 Å². The molecule has 3 heterocycles. The van der Waals surface area contributed by atoms with Gasteiger partial charge in [0.1, 0.15) is 17.5 Å². The summed E-state index contributed by atoms with van der Waals surface area (Å²) in [6, 6.07) is 12.8. The maximum Gasteiger partial charge on any atom is 0.264 e. The summed E-state index contributed by atoms with van der Waals surface area (Å²) in [5.41, 5.74) is 1.70. The third-order valence-corrected chi connectivity index (χ3v) is 6.40. The van der Waals surface area contributed by atoms with Gasteiger partial charge in [0.05, 0.1) is 25.2 Å². The smallest absolute Gasteiger partial charge is 0.264 e. The maximum absolute atomic E-state index is 13.2. The summed E-state index contributed by atoms with van der Waals surface area (Å²) in [5.74, 6) is -1.32. The molecule has 2 amide bonds. The summed E-state index contributed by atoms with van der Waals surface area (Å²) in [7, 11) is 0. The molecule has 1 atom stereocenters. The normalized spacial score (nSPS) is 15.6. The van der Waals surface area contributed by atoms with Crippen LogP contribution < -0.4 is 15.8 Å². The van der Waals surface area contributed by atoms with Crippen LogP contribution in [-0.2, 0) is 22.7 Å². The summed E-state index contributed by atoms with van der Waals surface area (Å²) in [6.07, 6.45) is 3.04. The van der Waals surface area contributed by atoms with Crippen LogP contribution in [0.25, 0.3) is 11.0 Å². The number of nitrogens with one attached hydrogen (secondary N) is 1. The van der Waals surface area contributed by atoms with E-state index in [1.165, 1.54) is 46.3 Å². The molecule has 0 unspecified atom stereocenters. The fourth-order valence-corrected chi connectivity index (χ4v) is 4.37. The number of carbonyl (C=O) groups is 2. The number of hydrogen-bond acceptors (Lipinski definition) is 5. The number of benzene rings is 2. The molecule has 36 heavy (non-hydrogen) atoms. The first kappa shape index (κ1) is 23.7. The topological polar surface area (TPSA) is 102 Å². The lowest BCUT2D eigenvalue weighted by molar-refractivity contribution is -0.126. The second-order valence-electron chi connectivity index (χ2n) is 8.58. The molecule has 1 aliphatic heterocycles. The van der Waals surface area contributed by atoms with Crippen molar-refractivity contribution >= 4 is 40.1 Å². The van der Waals surface area contributed by atoms with Crippen LogP contribution in [0.3, 0.4) is 0 Å². The van der Waals surface area contributed by atoms with Crippen molar-refractivity contribution < 1.29 is 14.0 Å². The lowest BCUT2D eigenvalue weighted by atomic mass is 10.1. The number of nitrogens with zero attached hydrogens (tertiary/aromatic N) is 5. The maximum atomic E-state index is 13.2. The van der Waals surface area contributed by atoms with Crippen molar-refractivity contribution in [3.05, 3.63) is 87.8 Å². The summed E-state index contributed by atoms with van der Waals surface area (Å²) >= 11 is 5.92. The van der Waals surface area contributed by atoms with Gasteiger partial charge in [-0.25, -0.2) is 14.1 Å². The quantitative estimate of drug-likeness (QED) is 0.413. The van der Waals surface area contributed by atoms with E-state index in [9.17, 15) is 18.8 Å². The van der Waals surface area contributed by atoms with Crippen molar-refractivity contribution in [2.45, 2.75) is 19.5 Å². The molecule has 9 nitrogen and oxygen atoms in total. The number of carbonyl (C=O) groups excluding carboxylic acids is 2. The van der Waals surface area contributed by atoms with Gasteiger partial charge in [-0.15, -0.1) is 0 Å². The van der Waals surface area contributed by atoms with Gasteiger partial charge < -0.3 is 10.2 Å². The van der Waals surface area contributed by atoms with Gasteiger partial charge >= 0.3 is 0 Å². The molecule has 1 N–H and O–H groups in total. The fourth-order valence-electron chi connectivity index (χ4n) is 4.24. The van der Waals surface area contributed by atoms with Crippen LogP contribution in [0.2, 0.25) is 5.02 Å². The second kappa shape index (κ2) is 9.90. The first-order chi connectivity index (χ1) is 17.4. The molecule has 1 saturated heterocycles. The Bertz CT molecular complexity index is 1480. The van der Waals surface area contributed by atoms with Gasteiger partial charge in [0.2, 0.25) is 11.8 Å². The van der Waals surface area contributed by atoms with Gasteiger partial charge in [0, 0.05) is 30.2 Å². The zero-order valence-electron chi connectivity index (χ0n) is 19.1. The summed E-state index contributed by atoms with van der Waals surface area (Å²) in [5, 5.41) is 8.10. The minimum atomic E-state index is -0.505. The average molecular weight is 509 g/mol. The number of rotatable bonds is 7. The molecule has 0 saturated carbocycles. The average Bonchev–Trinajstić information content (AvgIpc) is 3.47. The van der Waals surface area contributed by atoms with Crippen LogP contribution in [0.4, 0.5) is 10.1 Å². The Morgan fingerprint density at radius 1 is 1.11 bits per heavy atom. The van der Waals surface area contributed by atoms with E-state index in [2.05, 4.69) is 15.4 Å². The molecule has 1 fully saturated rings. The molecule has 1 aliphatic rings. The molecular formula is C25H22ClFN6O3. The lowest BCUT2D eigenvalue weighted by Gasteiger charge is -2.16. The Kier molecular flexibility index (Phi) is 6.51. The number of halogens is 2. The zero-order chi connectivity index (χ0) is 25.2. The van der Waals surface area contributed by atoms with Crippen molar-refractivity contribution in [2.24, 2.45) is 5.92 Å². The number of fused-ring (bicyclic) bond motifs is 1. The fraction of sp³-hybridized carbons (Fsp3) is 0.240. The van der Waals surface area contributed by atoms with Crippen LogP contribution >= 0.6 is 11.6 Å². The highest BCUT2D eigenvalue weighted by atomic mass is 35.5.